The fraction of sp³-hybridized carbons (Fsp3) is 0.222. The lowest BCUT2D eigenvalue weighted by atomic mass is 10.0. The summed E-state index contributed by atoms with van der Waals surface area (Å²) >= 11 is 0. The van der Waals surface area contributed by atoms with Gasteiger partial charge in [0.2, 0.25) is 6.79 Å². The highest BCUT2D eigenvalue weighted by atomic mass is 16.7. The molecule has 5 nitrogen and oxygen atoms in total. The van der Waals surface area contributed by atoms with E-state index in [2.05, 4.69) is 6.07 Å². The molecule has 1 aliphatic rings. The van der Waals surface area contributed by atoms with Gasteiger partial charge in [-0.15, -0.1) is 0 Å². The lowest BCUT2D eigenvalue weighted by Gasteiger charge is -2.22. The Labute approximate surface area is 134 Å². The summed E-state index contributed by atoms with van der Waals surface area (Å²) in [6.45, 7) is 2.36. The van der Waals surface area contributed by atoms with E-state index in [0.29, 0.717) is 17.7 Å². The standard InChI is InChI=1S/C18H16N2O3/c1-12(21)15-5-3-13(9-19)7-16(15)20(2)10-14-4-6-17-18(8-14)23-11-22-17/h3-8H,10-11H2,1-2H3. The van der Waals surface area contributed by atoms with Crippen molar-refractivity contribution in [2.24, 2.45) is 0 Å². The molecular formula is C18H16N2O3. The van der Waals surface area contributed by atoms with Gasteiger partial charge in [0.25, 0.3) is 0 Å². The molecule has 2 aromatic carbocycles. The van der Waals surface area contributed by atoms with Crippen molar-refractivity contribution >= 4 is 11.5 Å². The summed E-state index contributed by atoms with van der Waals surface area (Å²) in [7, 11) is 1.90. The first-order chi connectivity index (χ1) is 11.1. The van der Waals surface area contributed by atoms with Gasteiger partial charge in [0, 0.05) is 24.8 Å². The van der Waals surface area contributed by atoms with Crippen LogP contribution < -0.4 is 14.4 Å². The van der Waals surface area contributed by atoms with E-state index >= 15 is 0 Å². The summed E-state index contributed by atoms with van der Waals surface area (Å²) in [5.74, 6) is 1.45. The molecule has 0 unspecified atom stereocenters. The van der Waals surface area contributed by atoms with Crippen LogP contribution in [-0.4, -0.2) is 19.6 Å². The van der Waals surface area contributed by atoms with Crippen LogP contribution in [0.3, 0.4) is 0 Å². The van der Waals surface area contributed by atoms with E-state index in [1.54, 1.807) is 18.2 Å². The van der Waals surface area contributed by atoms with Gasteiger partial charge < -0.3 is 14.4 Å². The Morgan fingerprint density at radius 1 is 1.22 bits per heavy atom. The summed E-state index contributed by atoms with van der Waals surface area (Å²) < 4.78 is 10.7. The van der Waals surface area contributed by atoms with Gasteiger partial charge in [-0.1, -0.05) is 6.07 Å². The van der Waals surface area contributed by atoms with E-state index in [1.165, 1.54) is 6.92 Å². The molecule has 0 N–H and O–H groups in total. The molecule has 116 valence electrons. The van der Waals surface area contributed by atoms with Crippen molar-refractivity contribution < 1.29 is 14.3 Å². The molecule has 0 radical (unpaired) electrons. The second-order valence-corrected chi connectivity index (χ2v) is 5.44. The molecule has 0 saturated carbocycles. The normalized spacial score (nSPS) is 11.9. The van der Waals surface area contributed by atoms with E-state index in [1.807, 2.05) is 30.1 Å². The van der Waals surface area contributed by atoms with Crippen LogP contribution >= 0.6 is 0 Å². The monoisotopic (exact) mass is 308 g/mol. The van der Waals surface area contributed by atoms with Crippen molar-refractivity contribution in [3.05, 3.63) is 53.1 Å². The highest BCUT2D eigenvalue weighted by Crippen LogP contribution is 2.33. The third-order valence-electron chi connectivity index (χ3n) is 3.77. The Bertz CT molecular complexity index is 808. The van der Waals surface area contributed by atoms with Crippen molar-refractivity contribution in [3.63, 3.8) is 0 Å². The average Bonchev–Trinajstić information content (AvgIpc) is 3.01. The number of nitriles is 1. The SMILES string of the molecule is CC(=O)c1ccc(C#N)cc1N(C)Cc1ccc2c(c1)OCO2. The Hall–Kier alpha value is -3.00. The summed E-state index contributed by atoms with van der Waals surface area (Å²) in [6, 6.07) is 13.0. The first-order valence-electron chi connectivity index (χ1n) is 7.23. The van der Waals surface area contributed by atoms with E-state index in [-0.39, 0.29) is 12.6 Å². The van der Waals surface area contributed by atoms with Crippen molar-refractivity contribution in [1.29, 1.82) is 5.26 Å². The maximum Gasteiger partial charge on any atom is 0.231 e. The summed E-state index contributed by atoms with van der Waals surface area (Å²) in [6.07, 6.45) is 0. The lowest BCUT2D eigenvalue weighted by Crippen LogP contribution is -2.19. The van der Waals surface area contributed by atoms with Gasteiger partial charge in [0.1, 0.15) is 0 Å². The molecule has 3 rings (SSSR count). The fourth-order valence-electron chi connectivity index (χ4n) is 2.61. The Kier molecular flexibility index (Phi) is 3.90. The molecule has 2 aromatic rings. The largest absolute Gasteiger partial charge is 0.454 e. The molecule has 1 aliphatic heterocycles. The van der Waals surface area contributed by atoms with E-state index in [9.17, 15) is 4.79 Å². The number of rotatable bonds is 4. The van der Waals surface area contributed by atoms with E-state index in [4.69, 9.17) is 14.7 Å². The van der Waals surface area contributed by atoms with Crippen molar-refractivity contribution in [3.8, 4) is 17.6 Å². The van der Waals surface area contributed by atoms with Crippen LogP contribution in [0.15, 0.2) is 36.4 Å². The lowest BCUT2D eigenvalue weighted by molar-refractivity contribution is 0.101. The number of benzene rings is 2. The van der Waals surface area contributed by atoms with Gasteiger partial charge in [-0.3, -0.25) is 4.79 Å². The maximum atomic E-state index is 11.8. The summed E-state index contributed by atoms with van der Waals surface area (Å²) in [5, 5.41) is 9.08. The molecule has 0 fully saturated rings. The molecule has 0 aromatic heterocycles. The van der Waals surface area contributed by atoms with Gasteiger partial charge in [-0.05, 0) is 42.8 Å². The van der Waals surface area contributed by atoms with E-state index < -0.39 is 0 Å². The Balaban J connectivity index is 1.89. The molecule has 0 spiro atoms. The number of hydrogen-bond donors (Lipinski definition) is 0. The van der Waals surface area contributed by atoms with Crippen LogP contribution in [0.1, 0.15) is 28.4 Å². The molecule has 0 aliphatic carbocycles. The van der Waals surface area contributed by atoms with Crippen molar-refractivity contribution in [2.45, 2.75) is 13.5 Å². The van der Waals surface area contributed by atoms with Crippen LogP contribution in [0.4, 0.5) is 5.69 Å². The minimum atomic E-state index is -0.0259. The zero-order chi connectivity index (χ0) is 16.4. The topological polar surface area (TPSA) is 62.6 Å². The van der Waals surface area contributed by atoms with Crippen LogP contribution in [0.2, 0.25) is 0 Å². The molecule has 0 bridgehead atoms. The first-order valence-corrected chi connectivity index (χ1v) is 7.23. The van der Waals surface area contributed by atoms with Crippen LogP contribution in [0.5, 0.6) is 11.5 Å². The first kappa shape index (κ1) is 14.9. The van der Waals surface area contributed by atoms with Crippen LogP contribution in [-0.2, 0) is 6.54 Å². The maximum absolute atomic E-state index is 11.8. The average molecular weight is 308 g/mol. The number of carbonyl (C=O) groups is 1. The minimum Gasteiger partial charge on any atom is -0.454 e. The number of carbonyl (C=O) groups excluding carboxylic acids is 1. The number of nitrogens with zero attached hydrogens (tertiary/aromatic N) is 2. The van der Waals surface area contributed by atoms with E-state index in [0.717, 1.165) is 22.7 Å². The third kappa shape index (κ3) is 2.97. The smallest absolute Gasteiger partial charge is 0.231 e. The van der Waals surface area contributed by atoms with Crippen LogP contribution in [0.25, 0.3) is 0 Å². The van der Waals surface area contributed by atoms with Gasteiger partial charge in [0.05, 0.1) is 11.6 Å². The Morgan fingerprint density at radius 3 is 2.74 bits per heavy atom. The summed E-state index contributed by atoms with van der Waals surface area (Å²) in [5.41, 5.74) is 2.91. The zero-order valence-corrected chi connectivity index (χ0v) is 13.0. The molecule has 0 atom stereocenters. The number of ketones is 1. The second kappa shape index (κ2) is 6.01. The number of fused-ring (bicyclic) bond motifs is 1. The number of ether oxygens (including phenoxy) is 2. The van der Waals surface area contributed by atoms with Crippen molar-refractivity contribution in [2.75, 3.05) is 18.7 Å². The highest BCUT2D eigenvalue weighted by Gasteiger charge is 2.16. The molecule has 0 saturated heterocycles. The second-order valence-electron chi connectivity index (χ2n) is 5.44. The van der Waals surface area contributed by atoms with Gasteiger partial charge >= 0.3 is 0 Å². The van der Waals surface area contributed by atoms with Crippen LogP contribution in [0, 0.1) is 11.3 Å². The molecule has 0 amide bonds. The molecule has 5 heteroatoms. The van der Waals surface area contributed by atoms with Gasteiger partial charge in [-0.2, -0.15) is 5.26 Å². The van der Waals surface area contributed by atoms with Crippen molar-refractivity contribution in [1.82, 2.24) is 0 Å². The van der Waals surface area contributed by atoms with Gasteiger partial charge in [-0.25, -0.2) is 0 Å². The predicted octanol–water partition coefficient (Wildman–Crippen LogP) is 3.13. The van der Waals surface area contributed by atoms with Gasteiger partial charge in [0.15, 0.2) is 17.3 Å². The molecular weight excluding hydrogens is 292 g/mol. The fourth-order valence-corrected chi connectivity index (χ4v) is 2.61. The Morgan fingerprint density at radius 2 is 2.00 bits per heavy atom. The minimum absolute atomic E-state index is 0.0259. The predicted molar refractivity (Wildman–Crippen MR) is 85.8 cm³/mol. The molecule has 23 heavy (non-hydrogen) atoms. The number of hydrogen-bond acceptors (Lipinski definition) is 5. The third-order valence-corrected chi connectivity index (χ3v) is 3.77. The highest BCUT2D eigenvalue weighted by molar-refractivity contribution is 6.00. The molecule has 1 heterocycles. The quantitative estimate of drug-likeness (QED) is 0.812. The zero-order valence-electron chi connectivity index (χ0n) is 13.0. The number of anilines is 1. The summed E-state index contributed by atoms with van der Waals surface area (Å²) in [4.78, 5) is 13.8. The number of Topliss-reactive ketones (excluding diaryl/α,β-unsaturated/α-hetero) is 1.